The second kappa shape index (κ2) is 5.30. The van der Waals surface area contributed by atoms with Crippen molar-refractivity contribution >= 4 is 22.4 Å². The maximum Gasteiger partial charge on any atom is 0.225 e. The third-order valence-corrected chi connectivity index (χ3v) is 3.02. The van der Waals surface area contributed by atoms with Gasteiger partial charge in [-0.1, -0.05) is 20.8 Å². The van der Waals surface area contributed by atoms with Crippen molar-refractivity contribution in [3.05, 3.63) is 11.1 Å². The molecule has 1 aromatic rings. The van der Waals surface area contributed by atoms with Crippen LogP contribution >= 0.6 is 11.3 Å². The Morgan fingerprint density at radius 2 is 2.19 bits per heavy atom. The molecule has 0 radical (unpaired) electrons. The molecular formula is C11H19N3OS. The summed E-state index contributed by atoms with van der Waals surface area (Å²) in [4.78, 5) is 15.9. The van der Waals surface area contributed by atoms with E-state index in [0.29, 0.717) is 6.54 Å². The number of nitrogens with zero attached hydrogens (tertiary/aromatic N) is 1. The van der Waals surface area contributed by atoms with E-state index in [-0.39, 0.29) is 11.3 Å². The maximum absolute atomic E-state index is 11.6. The highest BCUT2D eigenvalue weighted by Crippen LogP contribution is 2.15. The van der Waals surface area contributed by atoms with Gasteiger partial charge in [0.25, 0.3) is 0 Å². The van der Waals surface area contributed by atoms with E-state index in [2.05, 4.69) is 15.6 Å². The fourth-order valence-corrected chi connectivity index (χ4v) is 1.81. The molecule has 0 saturated carbocycles. The monoisotopic (exact) mass is 241 g/mol. The molecule has 0 unspecified atom stereocenters. The number of amides is 1. The Balaban J connectivity index is 2.33. The van der Waals surface area contributed by atoms with Crippen molar-refractivity contribution in [3.63, 3.8) is 0 Å². The zero-order valence-electron chi connectivity index (χ0n) is 10.3. The molecule has 0 aliphatic rings. The highest BCUT2D eigenvalue weighted by atomic mass is 32.1. The fourth-order valence-electron chi connectivity index (χ4n) is 1.11. The molecule has 1 rings (SSSR count). The van der Waals surface area contributed by atoms with Crippen LogP contribution in [0.1, 0.15) is 26.5 Å². The van der Waals surface area contributed by atoms with Crippen LogP contribution in [-0.2, 0) is 11.2 Å². The van der Waals surface area contributed by atoms with E-state index in [1.54, 1.807) is 11.3 Å². The molecule has 1 aromatic heterocycles. The average molecular weight is 241 g/mol. The molecule has 0 fully saturated rings. The van der Waals surface area contributed by atoms with E-state index >= 15 is 0 Å². The summed E-state index contributed by atoms with van der Waals surface area (Å²) in [5.41, 5.74) is 0.696. The van der Waals surface area contributed by atoms with Gasteiger partial charge in [0.1, 0.15) is 0 Å². The smallest absolute Gasteiger partial charge is 0.225 e. The summed E-state index contributed by atoms with van der Waals surface area (Å²) < 4.78 is 0. The molecule has 1 heterocycles. The molecule has 0 aromatic carbocycles. The number of rotatable bonds is 4. The lowest BCUT2D eigenvalue weighted by molar-refractivity contribution is -0.128. The minimum absolute atomic E-state index is 0.0802. The minimum atomic E-state index is -0.321. The Kier molecular flexibility index (Phi) is 4.29. The van der Waals surface area contributed by atoms with Gasteiger partial charge in [-0.3, -0.25) is 4.79 Å². The van der Waals surface area contributed by atoms with Crippen LogP contribution in [0.5, 0.6) is 0 Å². The minimum Gasteiger partial charge on any atom is -0.365 e. The van der Waals surface area contributed by atoms with Gasteiger partial charge in [-0.25, -0.2) is 4.98 Å². The molecule has 0 aliphatic carbocycles. The van der Waals surface area contributed by atoms with E-state index in [4.69, 9.17) is 0 Å². The first-order valence-corrected chi connectivity index (χ1v) is 6.22. The predicted octanol–water partition coefficient (Wildman–Crippen LogP) is 1.89. The van der Waals surface area contributed by atoms with Gasteiger partial charge in [-0.05, 0) is 0 Å². The molecule has 0 bridgehead atoms. The molecule has 2 N–H and O–H groups in total. The van der Waals surface area contributed by atoms with Gasteiger partial charge in [-0.15, -0.1) is 11.3 Å². The van der Waals surface area contributed by atoms with Crippen molar-refractivity contribution < 1.29 is 4.79 Å². The summed E-state index contributed by atoms with van der Waals surface area (Å²) >= 11 is 1.58. The lowest BCUT2D eigenvalue weighted by Gasteiger charge is -2.17. The van der Waals surface area contributed by atoms with Crippen LogP contribution in [0.15, 0.2) is 5.38 Å². The van der Waals surface area contributed by atoms with E-state index < -0.39 is 0 Å². The van der Waals surface area contributed by atoms with Gasteiger partial charge >= 0.3 is 0 Å². The van der Waals surface area contributed by atoms with Crippen LogP contribution in [0.25, 0.3) is 0 Å². The summed E-state index contributed by atoms with van der Waals surface area (Å²) in [6, 6.07) is 0. The van der Waals surface area contributed by atoms with Gasteiger partial charge < -0.3 is 10.6 Å². The SMILES string of the molecule is CNc1nc(CCNC(=O)C(C)(C)C)cs1. The summed E-state index contributed by atoms with van der Waals surface area (Å²) in [5, 5.41) is 8.82. The third kappa shape index (κ3) is 3.81. The van der Waals surface area contributed by atoms with Gasteiger partial charge in [0.05, 0.1) is 5.69 Å². The van der Waals surface area contributed by atoms with Crippen molar-refractivity contribution in [2.24, 2.45) is 5.41 Å². The average Bonchev–Trinajstić information content (AvgIpc) is 2.64. The molecule has 0 saturated heterocycles. The third-order valence-electron chi connectivity index (χ3n) is 2.11. The molecule has 5 heteroatoms. The van der Waals surface area contributed by atoms with Crippen LogP contribution in [0.3, 0.4) is 0 Å². The molecule has 0 aliphatic heterocycles. The van der Waals surface area contributed by atoms with Gasteiger partial charge in [0.15, 0.2) is 5.13 Å². The van der Waals surface area contributed by atoms with E-state index in [9.17, 15) is 4.79 Å². The largest absolute Gasteiger partial charge is 0.365 e. The Labute approximate surface area is 100 Å². The highest BCUT2D eigenvalue weighted by Gasteiger charge is 2.20. The molecule has 1 amide bonds. The van der Waals surface area contributed by atoms with Crippen molar-refractivity contribution in [3.8, 4) is 0 Å². The molecule has 0 atom stereocenters. The van der Waals surface area contributed by atoms with E-state index in [0.717, 1.165) is 17.2 Å². The number of carbonyl (C=O) groups excluding carboxylic acids is 1. The number of hydrogen-bond acceptors (Lipinski definition) is 4. The van der Waals surface area contributed by atoms with Crippen LogP contribution in [0.4, 0.5) is 5.13 Å². The predicted molar refractivity (Wildman–Crippen MR) is 67.8 cm³/mol. The fraction of sp³-hybridized carbons (Fsp3) is 0.636. The quantitative estimate of drug-likeness (QED) is 0.846. The van der Waals surface area contributed by atoms with Crippen molar-refractivity contribution in [2.75, 3.05) is 18.9 Å². The van der Waals surface area contributed by atoms with Crippen LogP contribution in [-0.4, -0.2) is 24.5 Å². The molecule has 90 valence electrons. The molecule has 16 heavy (non-hydrogen) atoms. The van der Waals surface area contributed by atoms with Crippen molar-refractivity contribution in [1.29, 1.82) is 0 Å². The van der Waals surface area contributed by atoms with E-state index in [1.165, 1.54) is 0 Å². The number of carbonyl (C=O) groups is 1. The number of aromatic nitrogens is 1. The van der Waals surface area contributed by atoms with Gasteiger partial charge in [0, 0.05) is 30.8 Å². The first kappa shape index (κ1) is 13.0. The van der Waals surface area contributed by atoms with Crippen LogP contribution in [0, 0.1) is 5.41 Å². The lowest BCUT2D eigenvalue weighted by Crippen LogP contribution is -2.35. The second-order valence-corrected chi connectivity index (χ2v) is 5.51. The molecule has 0 spiro atoms. The zero-order chi connectivity index (χ0) is 12.2. The summed E-state index contributed by atoms with van der Waals surface area (Å²) in [7, 11) is 1.85. The standard InChI is InChI=1S/C11H19N3OS/c1-11(2,3)9(15)13-6-5-8-7-16-10(12-4)14-8/h7H,5-6H2,1-4H3,(H,12,14)(H,13,15). The second-order valence-electron chi connectivity index (χ2n) is 4.65. The van der Waals surface area contributed by atoms with Crippen molar-refractivity contribution in [1.82, 2.24) is 10.3 Å². The normalized spacial score (nSPS) is 11.2. The summed E-state index contributed by atoms with van der Waals surface area (Å²) in [6.45, 7) is 6.36. The first-order valence-electron chi connectivity index (χ1n) is 5.34. The summed E-state index contributed by atoms with van der Waals surface area (Å²) in [6.07, 6.45) is 0.778. The van der Waals surface area contributed by atoms with Crippen LogP contribution in [0.2, 0.25) is 0 Å². The topological polar surface area (TPSA) is 54.0 Å². The van der Waals surface area contributed by atoms with Gasteiger partial charge in [0.2, 0.25) is 5.91 Å². The first-order chi connectivity index (χ1) is 7.43. The van der Waals surface area contributed by atoms with E-state index in [1.807, 2.05) is 33.2 Å². The Hall–Kier alpha value is -1.10. The maximum atomic E-state index is 11.6. The highest BCUT2D eigenvalue weighted by molar-refractivity contribution is 7.13. The molecular weight excluding hydrogens is 222 g/mol. The number of nitrogens with one attached hydrogen (secondary N) is 2. The summed E-state index contributed by atoms with van der Waals surface area (Å²) in [5.74, 6) is 0.0802. The zero-order valence-corrected chi connectivity index (χ0v) is 11.1. The Morgan fingerprint density at radius 1 is 1.50 bits per heavy atom. The number of hydrogen-bond donors (Lipinski definition) is 2. The van der Waals surface area contributed by atoms with Gasteiger partial charge in [-0.2, -0.15) is 0 Å². The Morgan fingerprint density at radius 3 is 2.69 bits per heavy atom. The van der Waals surface area contributed by atoms with Crippen LogP contribution < -0.4 is 10.6 Å². The number of thiazole rings is 1. The van der Waals surface area contributed by atoms with Crippen molar-refractivity contribution in [2.45, 2.75) is 27.2 Å². The number of anilines is 1. The Bertz CT molecular complexity index is 354. The lowest BCUT2D eigenvalue weighted by atomic mass is 9.96. The molecule has 4 nitrogen and oxygen atoms in total.